The first-order valence-corrected chi connectivity index (χ1v) is 10.4. The van der Waals surface area contributed by atoms with Gasteiger partial charge in [0, 0.05) is 17.2 Å². The number of nitrogen functional groups attached to an aromatic ring is 1. The molecule has 1 aromatic heterocycles. The monoisotopic (exact) mass is 448 g/mol. The molecule has 33 heavy (non-hydrogen) atoms. The van der Waals surface area contributed by atoms with E-state index >= 15 is 0 Å². The van der Waals surface area contributed by atoms with E-state index in [1.165, 1.54) is 16.9 Å². The van der Waals surface area contributed by atoms with Gasteiger partial charge in [-0.3, -0.25) is 19.8 Å². The molecule has 0 spiro atoms. The van der Waals surface area contributed by atoms with E-state index in [-0.39, 0.29) is 35.7 Å². The number of hydrogen-bond donors (Lipinski definition) is 4. The smallest absolute Gasteiger partial charge is 0.271 e. The Morgan fingerprint density at radius 2 is 1.94 bits per heavy atom. The van der Waals surface area contributed by atoms with Crippen LogP contribution in [0.25, 0.3) is 5.69 Å². The number of rotatable bonds is 8. The topological polar surface area (TPSA) is 154 Å². The Kier molecular flexibility index (Phi) is 6.09. The second-order valence-corrected chi connectivity index (χ2v) is 7.82. The number of nitrogens with one attached hydrogen (secondary N) is 2. The molecule has 1 fully saturated rings. The minimum atomic E-state index is -0.499. The second-order valence-electron chi connectivity index (χ2n) is 7.82. The van der Waals surface area contributed by atoms with Crippen molar-refractivity contribution in [2.75, 3.05) is 12.3 Å². The lowest BCUT2D eigenvalue weighted by Gasteiger charge is -2.11. The number of ketones is 1. The van der Waals surface area contributed by atoms with E-state index in [4.69, 9.17) is 16.3 Å². The van der Waals surface area contributed by atoms with Crippen LogP contribution in [0.4, 0.5) is 5.82 Å². The van der Waals surface area contributed by atoms with E-state index in [0.29, 0.717) is 22.6 Å². The molecule has 0 radical (unpaired) electrons. The molecule has 10 heteroatoms. The van der Waals surface area contributed by atoms with Crippen molar-refractivity contribution < 1.29 is 19.1 Å². The van der Waals surface area contributed by atoms with Crippen molar-refractivity contribution in [3.63, 3.8) is 0 Å². The first kappa shape index (κ1) is 22.0. The van der Waals surface area contributed by atoms with Gasteiger partial charge in [0.2, 0.25) is 0 Å². The maximum Gasteiger partial charge on any atom is 0.271 e. The van der Waals surface area contributed by atoms with Crippen LogP contribution in [0.15, 0.2) is 48.7 Å². The Bertz CT molecular complexity index is 1230. The molecule has 3 aromatic rings. The van der Waals surface area contributed by atoms with Crippen LogP contribution in [0.1, 0.15) is 44.7 Å². The Morgan fingerprint density at radius 3 is 2.67 bits per heavy atom. The number of aryl methyl sites for hydroxylation is 1. The van der Waals surface area contributed by atoms with Crippen LogP contribution >= 0.6 is 0 Å². The highest BCUT2D eigenvalue weighted by molar-refractivity contribution is 6.12. The number of carbonyl (C=O) groups excluding carboxylic acids is 3. The lowest BCUT2D eigenvalue weighted by Crippen LogP contribution is -2.34. The lowest BCUT2D eigenvalue weighted by molar-refractivity contribution is -0.123. The fourth-order valence-corrected chi connectivity index (χ4v) is 3.27. The lowest BCUT2D eigenvalue weighted by atomic mass is 10.1. The van der Waals surface area contributed by atoms with E-state index in [2.05, 4.69) is 10.4 Å². The highest BCUT2D eigenvalue weighted by atomic mass is 16.5. The van der Waals surface area contributed by atoms with E-state index in [1.54, 1.807) is 30.3 Å². The number of amides is 2. The Morgan fingerprint density at radius 1 is 1.15 bits per heavy atom. The molecule has 170 valence electrons. The van der Waals surface area contributed by atoms with E-state index in [1.807, 2.05) is 18.4 Å². The van der Waals surface area contributed by atoms with E-state index in [9.17, 15) is 14.4 Å². The summed E-state index contributed by atoms with van der Waals surface area (Å²) in [5.41, 5.74) is 10.7. The second kappa shape index (κ2) is 9.13. The first-order valence-electron chi connectivity index (χ1n) is 10.4. The van der Waals surface area contributed by atoms with Gasteiger partial charge in [0.15, 0.2) is 12.4 Å². The summed E-state index contributed by atoms with van der Waals surface area (Å²) in [5, 5.41) is 7.26. The highest BCUT2D eigenvalue weighted by Crippen LogP contribution is 2.25. The molecule has 0 saturated heterocycles. The van der Waals surface area contributed by atoms with E-state index in [0.717, 1.165) is 18.4 Å². The molecule has 1 aliphatic rings. The normalized spacial score (nSPS) is 12.8. The first-order chi connectivity index (χ1) is 15.9. The third-order valence-corrected chi connectivity index (χ3v) is 5.29. The van der Waals surface area contributed by atoms with Gasteiger partial charge in [-0.2, -0.15) is 5.10 Å². The number of hydrogen-bond acceptors (Lipinski definition) is 7. The summed E-state index contributed by atoms with van der Waals surface area (Å²) in [6.07, 6.45) is 3.38. The number of ether oxygens (including phenoxy) is 1. The van der Waals surface area contributed by atoms with Gasteiger partial charge in [0.05, 0.1) is 17.4 Å². The molecular formula is C23H24N6O4. The minimum absolute atomic E-state index is 0.150. The molecular weight excluding hydrogens is 424 g/mol. The van der Waals surface area contributed by atoms with Gasteiger partial charge in [-0.05, 0) is 49.6 Å². The van der Waals surface area contributed by atoms with Crippen LogP contribution in [0, 0.1) is 6.92 Å². The molecule has 1 saturated carbocycles. The Labute approximate surface area is 189 Å². The van der Waals surface area contributed by atoms with Gasteiger partial charge in [-0.25, -0.2) is 10.5 Å². The van der Waals surface area contributed by atoms with Gasteiger partial charge in [0.1, 0.15) is 11.6 Å². The minimum Gasteiger partial charge on any atom is -0.484 e. The number of anilines is 1. The zero-order valence-electron chi connectivity index (χ0n) is 18.0. The van der Waals surface area contributed by atoms with Crippen LogP contribution in [0.3, 0.4) is 0 Å². The molecule has 0 aliphatic heterocycles. The zero-order chi connectivity index (χ0) is 23.5. The summed E-state index contributed by atoms with van der Waals surface area (Å²) in [6, 6.07) is 11.9. The molecule has 6 N–H and O–H groups in total. The predicted molar refractivity (Wildman–Crippen MR) is 121 cm³/mol. The SMILES string of the molecule is Cc1ccc(C(=O)NC2CC2)cc1-n1ncc(C(=O)c2cccc(OCC(=O)NN)c2)c1N. The molecule has 1 aliphatic carbocycles. The summed E-state index contributed by atoms with van der Waals surface area (Å²) >= 11 is 0. The van der Waals surface area contributed by atoms with Crippen molar-refractivity contribution in [1.82, 2.24) is 20.5 Å². The quantitative estimate of drug-likeness (QED) is 0.175. The number of nitrogens with two attached hydrogens (primary N) is 2. The maximum atomic E-state index is 13.1. The molecule has 0 atom stereocenters. The predicted octanol–water partition coefficient (Wildman–Crippen LogP) is 1.25. The molecule has 0 bridgehead atoms. The van der Waals surface area contributed by atoms with Crippen molar-refractivity contribution >= 4 is 23.4 Å². The number of carbonyl (C=O) groups is 3. The summed E-state index contributed by atoms with van der Waals surface area (Å²) in [5.74, 6) is 4.52. The Balaban J connectivity index is 1.59. The van der Waals surface area contributed by atoms with Crippen molar-refractivity contribution in [3.8, 4) is 11.4 Å². The van der Waals surface area contributed by atoms with Crippen LogP contribution in [-0.4, -0.2) is 40.0 Å². The number of aromatic nitrogens is 2. The number of benzene rings is 2. The largest absolute Gasteiger partial charge is 0.484 e. The number of nitrogens with zero attached hydrogens (tertiary/aromatic N) is 2. The Hall–Kier alpha value is -4.18. The third-order valence-electron chi connectivity index (χ3n) is 5.29. The van der Waals surface area contributed by atoms with Gasteiger partial charge < -0.3 is 15.8 Å². The molecule has 1 heterocycles. The van der Waals surface area contributed by atoms with Crippen LogP contribution in [0.5, 0.6) is 5.75 Å². The summed E-state index contributed by atoms with van der Waals surface area (Å²) in [7, 11) is 0. The maximum absolute atomic E-state index is 13.1. The molecule has 4 rings (SSSR count). The third kappa shape index (κ3) is 4.85. The summed E-state index contributed by atoms with van der Waals surface area (Å²) in [6.45, 7) is 1.59. The van der Waals surface area contributed by atoms with E-state index < -0.39 is 5.91 Å². The van der Waals surface area contributed by atoms with Crippen molar-refractivity contribution in [2.45, 2.75) is 25.8 Å². The molecule has 2 amide bonds. The van der Waals surface area contributed by atoms with Crippen LogP contribution in [-0.2, 0) is 4.79 Å². The van der Waals surface area contributed by atoms with Gasteiger partial charge in [0.25, 0.3) is 11.8 Å². The van der Waals surface area contributed by atoms with Crippen LogP contribution in [0.2, 0.25) is 0 Å². The fraction of sp³-hybridized carbons (Fsp3) is 0.217. The molecule has 2 aromatic carbocycles. The van der Waals surface area contributed by atoms with Gasteiger partial charge >= 0.3 is 0 Å². The highest BCUT2D eigenvalue weighted by Gasteiger charge is 2.24. The van der Waals surface area contributed by atoms with Crippen molar-refractivity contribution in [2.24, 2.45) is 5.84 Å². The van der Waals surface area contributed by atoms with Crippen molar-refractivity contribution in [3.05, 3.63) is 70.9 Å². The van der Waals surface area contributed by atoms with Crippen LogP contribution < -0.4 is 27.1 Å². The number of hydrazine groups is 1. The van der Waals surface area contributed by atoms with Gasteiger partial charge in [-0.15, -0.1) is 0 Å². The fourth-order valence-electron chi connectivity index (χ4n) is 3.27. The summed E-state index contributed by atoms with van der Waals surface area (Å²) < 4.78 is 6.79. The zero-order valence-corrected chi connectivity index (χ0v) is 18.0. The van der Waals surface area contributed by atoms with Crippen molar-refractivity contribution in [1.29, 1.82) is 0 Å². The average Bonchev–Trinajstić information content (AvgIpc) is 3.56. The average molecular weight is 448 g/mol. The summed E-state index contributed by atoms with van der Waals surface area (Å²) in [4.78, 5) is 36.8. The molecule has 0 unspecified atom stereocenters. The molecule has 10 nitrogen and oxygen atoms in total. The van der Waals surface area contributed by atoms with Gasteiger partial charge in [-0.1, -0.05) is 18.2 Å². The standard InChI is InChI=1S/C23H24N6O4/c1-13-5-6-15(23(32)27-16-7-8-16)10-19(13)29-22(24)18(11-26-29)21(31)14-3-2-4-17(9-14)33-12-20(30)28-25/h2-6,9-11,16H,7-8,12,24-25H2,1H3,(H,27,32)(H,28,30).